The van der Waals surface area contributed by atoms with Crippen LogP contribution in [0.3, 0.4) is 0 Å². The molecule has 21 heavy (non-hydrogen) atoms. The third kappa shape index (κ3) is 3.63. The maximum atomic E-state index is 12.6. The van der Waals surface area contributed by atoms with Crippen molar-refractivity contribution in [2.75, 3.05) is 17.2 Å². The first kappa shape index (κ1) is 16.0. The molecule has 1 heterocycles. The van der Waals surface area contributed by atoms with Gasteiger partial charge in [0.1, 0.15) is 6.54 Å². The fraction of sp³-hybridized carbons (Fsp3) is 0.0769. The smallest absolute Gasteiger partial charge is 0.323 e. The van der Waals surface area contributed by atoms with E-state index in [4.69, 9.17) is 10.8 Å². The number of anilines is 2. The molecule has 5 nitrogen and oxygen atoms in total. The summed E-state index contributed by atoms with van der Waals surface area (Å²) in [5.41, 5.74) is 6.96. The summed E-state index contributed by atoms with van der Waals surface area (Å²) in [7, 11) is 0. The monoisotopic (exact) mass is 432 g/mol. The zero-order valence-corrected chi connectivity index (χ0v) is 14.5. The molecule has 1 aromatic carbocycles. The van der Waals surface area contributed by atoms with Crippen molar-refractivity contribution in [3.05, 3.63) is 43.5 Å². The van der Waals surface area contributed by atoms with Gasteiger partial charge in [0, 0.05) is 0 Å². The second-order valence-electron chi connectivity index (χ2n) is 4.08. The fourth-order valence-electron chi connectivity index (χ4n) is 1.77. The van der Waals surface area contributed by atoms with Gasteiger partial charge in [0.05, 0.1) is 24.5 Å². The van der Waals surface area contributed by atoms with Crippen molar-refractivity contribution < 1.29 is 14.7 Å². The molecule has 0 fully saturated rings. The van der Waals surface area contributed by atoms with Gasteiger partial charge in [-0.25, -0.2) is 0 Å². The molecule has 110 valence electrons. The summed E-state index contributed by atoms with van der Waals surface area (Å²) in [5, 5.41) is 9.05. The molecular formula is C13H10Br2N2O3S. The van der Waals surface area contributed by atoms with Gasteiger partial charge in [-0.05, 0) is 50.1 Å². The third-order valence-corrected chi connectivity index (χ3v) is 4.99. The number of thiophene rings is 1. The van der Waals surface area contributed by atoms with E-state index in [0.29, 0.717) is 20.7 Å². The molecule has 0 aliphatic rings. The number of amides is 1. The predicted octanol–water partition coefficient (Wildman–Crippen LogP) is 3.59. The van der Waals surface area contributed by atoms with E-state index in [1.165, 1.54) is 11.3 Å². The number of rotatable bonds is 4. The van der Waals surface area contributed by atoms with Gasteiger partial charge in [-0.15, -0.1) is 11.3 Å². The van der Waals surface area contributed by atoms with Crippen molar-refractivity contribution in [2.24, 2.45) is 0 Å². The number of carbonyl (C=O) groups excluding carboxylic acids is 1. The number of hydrogen-bond acceptors (Lipinski definition) is 4. The van der Waals surface area contributed by atoms with Crippen LogP contribution in [-0.2, 0) is 4.79 Å². The number of benzene rings is 1. The Labute approximate surface area is 141 Å². The van der Waals surface area contributed by atoms with E-state index < -0.39 is 18.4 Å². The van der Waals surface area contributed by atoms with Crippen molar-refractivity contribution in [1.82, 2.24) is 0 Å². The molecule has 0 unspecified atom stereocenters. The van der Waals surface area contributed by atoms with Crippen LogP contribution in [0.4, 0.5) is 11.4 Å². The molecule has 8 heteroatoms. The highest BCUT2D eigenvalue weighted by atomic mass is 79.9. The number of carbonyl (C=O) groups is 2. The first-order valence-electron chi connectivity index (χ1n) is 5.73. The van der Waals surface area contributed by atoms with E-state index in [1.807, 2.05) is 0 Å². The molecule has 0 saturated heterocycles. The van der Waals surface area contributed by atoms with Crippen LogP contribution in [0.25, 0.3) is 0 Å². The van der Waals surface area contributed by atoms with Crippen molar-refractivity contribution in [1.29, 1.82) is 0 Å². The zero-order chi connectivity index (χ0) is 15.6. The summed E-state index contributed by atoms with van der Waals surface area (Å²) >= 11 is 7.94. The van der Waals surface area contributed by atoms with Gasteiger partial charge in [0.2, 0.25) is 0 Å². The van der Waals surface area contributed by atoms with E-state index in [-0.39, 0.29) is 0 Å². The molecule has 2 aromatic rings. The van der Waals surface area contributed by atoms with Gasteiger partial charge in [0.15, 0.2) is 0 Å². The van der Waals surface area contributed by atoms with Crippen molar-refractivity contribution >= 4 is 66.4 Å². The van der Waals surface area contributed by atoms with Crippen LogP contribution < -0.4 is 10.6 Å². The Bertz CT molecular complexity index is 702. The Morgan fingerprint density at radius 1 is 1.29 bits per heavy atom. The number of hydrogen-bond donors (Lipinski definition) is 2. The predicted molar refractivity (Wildman–Crippen MR) is 89.9 cm³/mol. The summed E-state index contributed by atoms with van der Waals surface area (Å²) in [6.07, 6.45) is 0. The van der Waals surface area contributed by atoms with E-state index in [2.05, 4.69) is 31.9 Å². The Morgan fingerprint density at radius 3 is 2.48 bits per heavy atom. The average molecular weight is 434 g/mol. The number of carboxylic acid groups (broad SMARTS) is 1. The standard InChI is InChI=1S/C13H10Br2N2O3S/c14-10-5-7(12(15)21-10)13(20)17(6-11(18)19)9-4-2-1-3-8(9)16/h1-5H,6,16H2,(H,18,19). The maximum absolute atomic E-state index is 12.6. The second-order valence-corrected chi connectivity index (χ2v) is 7.83. The van der Waals surface area contributed by atoms with Gasteiger partial charge in [-0.1, -0.05) is 12.1 Å². The van der Waals surface area contributed by atoms with Crippen LogP contribution in [0.1, 0.15) is 10.4 Å². The molecule has 1 amide bonds. The largest absolute Gasteiger partial charge is 0.480 e. The summed E-state index contributed by atoms with van der Waals surface area (Å²) < 4.78 is 1.40. The molecule has 0 aliphatic carbocycles. The quantitative estimate of drug-likeness (QED) is 0.721. The van der Waals surface area contributed by atoms with E-state index >= 15 is 0 Å². The van der Waals surface area contributed by atoms with Gasteiger partial charge < -0.3 is 10.8 Å². The Balaban J connectivity index is 2.46. The number of carboxylic acids is 1. The summed E-state index contributed by atoms with van der Waals surface area (Å²) in [6, 6.07) is 8.30. The molecule has 0 bridgehead atoms. The van der Waals surface area contributed by atoms with Crippen LogP contribution >= 0.6 is 43.2 Å². The molecule has 0 saturated carbocycles. The van der Waals surface area contributed by atoms with Crippen molar-refractivity contribution in [3.8, 4) is 0 Å². The Morgan fingerprint density at radius 2 is 1.95 bits per heavy atom. The van der Waals surface area contributed by atoms with Crippen molar-refractivity contribution in [2.45, 2.75) is 0 Å². The molecule has 3 N–H and O–H groups in total. The Hall–Kier alpha value is -1.38. The topological polar surface area (TPSA) is 83.6 Å². The van der Waals surface area contributed by atoms with Gasteiger partial charge in [-0.3, -0.25) is 14.5 Å². The number of nitrogen functional groups attached to an aromatic ring is 1. The lowest BCUT2D eigenvalue weighted by atomic mass is 10.2. The minimum atomic E-state index is -1.11. The lowest BCUT2D eigenvalue weighted by Crippen LogP contribution is -2.36. The maximum Gasteiger partial charge on any atom is 0.323 e. The highest BCUT2D eigenvalue weighted by Crippen LogP contribution is 2.34. The second kappa shape index (κ2) is 6.59. The first-order chi connectivity index (χ1) is 9.90. The van der Waals surface area contributed by atoms with Crippen molar-refractivity contribution in [3.63, 3.8) is 0 Å². The van der Waals surface area contributed by atoms with Crippen LogP contribution in [0.15, 0.2) is 37.9 Å². The summed E-state index contributed by atoms with van der Waals surface area (Å²) in [4.78, 5) is 24.8. The number of aliphatic carboxylic acids is 1. The normalized spacial score (nSPS) is 10.4. The SMILES string of the molecule is Nc1ccccc1N(CC(=O)O)C(=O)c1cc(Br)sc1Br. The number of nitrogens with two attached hydrogens (primary N) is 1. The number of halogens is 2. The van der Waals surface area contributed by atoms with E-state index in [9.17, 15) is 9.59 Å². The van der Waals surface area contributed by atoms with Crippen LogP contribution in [0.2, 0.25) is 0 Å². The fourth-order valence-corrected chi connectivity index (χ4v) is 4.54. The highest BCUT2D eigenvalue weighted by Gasteiger charge is 2.25. The van der Waals surface area contributed by atoms with Crippen LogP contribution in [-0.4, -0.2) is 23.5 Å². The molecule has 2 rings (SSSR count). The molecule has 0 aliphatic heterocycles. The molecule has 1 aromatic heterocycles. The molecule has 0 atom stereocenters. The van der Waals surface area contributed by atoms with Crippen LogP contribution in [0.5, 0.6) is 0 Å². The third-order valence-electron chi connectivity index (χ3n) is 2.65. The van der Waals surface area contributed by atoms with E-state index in [1.54, 1.807) is 30.3 Å². The highest BCUT2D eigenvalue weighted by molar-refractivity contribution is 9.12. The minimum Gasteiger partial charge on any atom is -0.480 e. The van der Waals surface area contributed by atoms with Crippen LogP contribution in [0, 0.1) is 0 Å². The minimum absolute atomic E-state index is 0.345. The first-order valence-corrected chi connectivity index (χ1v) is 8.13. The van der Waals surface area contributed by atoms with E-state index in [0.717, 1.165) is 8.69 Å². The van der Waals surface area contributed by atoms with Gasteiger partial charge in [-0.2, -0.15) is 0 Å². The van der Waals surface area contributed by atoms with Gasteiger partial charge >= 0.3 is 5.97 Å². The number of para-hydroxylation sites is 2. The summed E-state index contributed by atoms with van der Waals surface area (Å²) in [5.74, 6) is -1.54. The van der Waals surface area contributed by atoms with Gasteiger partial charge in [0.25, 0.3) is 5.91 Å². The summed E-state index contributed by atoms with van der Waals surface area (Å²) in [6.45, 7) is -0.465. The molecule has 0 spiro atoms. The number of nitrogens with zero attached hydrogens (tertiary/aromatic N) is 1. The molecule has 0 radical (unpaired) electrons. The lowest BCUT2D eigenvalue weighted by Gasteiger charge is -2.22. The molecular weight excluding hydrogens is 424 g/mol. The lowest BCUT2D eigenvalue weighted by molar-refractivity contribution is -0.135. The zero-order valence-electron chi connectivity index (χ0n) is 10.5. The Kier molecular flexibility index (Phi) is 5.02. The average Bonchev–Trinajstić information content (AvgIpc) is 2.75.